The topological polar surface area (TPSA) is 67.4 Å². The Balaban J connectivity index is 1.80. The Bertz CT molecular complexity index is 643. The second-order valence-electron chi connectivity index (χ2n) is 5.37. The van der Waals surface area contributed by atoms with Crippen molar-refractivity contribution in [2.24, 2.45) is 5.73 Å². The van der Waals surface area contributed by atoms with Gasteiger partial charge in [0, 0.05) is 32.7 Å². The fourth-order valence-corrected chi connectivity index (χ4v) is 2.94. The third kappa shape index (κ3) is 2.71. The van der Waals surface area contributed by atoms with E-state index in [2.05, 4.69) is 27.4 Å². The van der Waals surface area contributed by atoms with Crippen LogP contribution in [0.5, 0.6) is 0 Å². The third-order valence-corrected chi connectivity index (χ3v) is 3.99. The number of carbonyl (C=O) groups is 1. The summed E-state index contributed by atoms with van der Waals surface area (Å²) in [6, 6.07) is 8.22. The van der Waals surface area contributed by atoms with Gasteiger partial charge in [-0.05, 0) is 19.1 Å². The molecule has 0 spiro atoms. The number of primary amides is 1. The number of rotatable bonds is 4. The number of aryl methyl sites for hydroxylation is 1. The number of carbonyl (C=O) groups excluding carboxylic acids is 1. The molecule has 2 N–H and O–H groups in total. The third-order valence-electron chi connectivity index (χ3n) is 3.99. The Labute approximate surface area is 124 Å². The SMILES string of the molecule is CCn1c(N2CCN(CC(N)=O)CC2)nc2ccccc21. The minimum atomic E-state index is -0.260. The monoisotopic (exact) mass is 287 g/mol. The molecule has 112 valence electrons. The summed E-state index contributed by atoms with van der Waals surface area (Å²) < 4.78 is 2.25. The minimum Gasteiger partial charge on any atom is -0.369 e. The molecule has 1 fully saturated rings. The molecule has 0 atom stereocenters. The first-order valence-corrected chi connectivity index (χ1v) is 7.40. The molecule has 21 heavy (non-hydrogen) atoms. The number of imidazole rings is 1. The number of nitrogens with zero attached hydrogens (tertiary/aromatic N) is 4. The van der Waals surface area contributed by atoms with Crippen LogP contribution in [0.1, 0.15) is 6.92 Å². The maximum absolute atomic E-state index is 11.0. The maximum atomic E-state index is 11.0. The lowest BCUT2D eigenvalue weighted by Crippen LogP contribution is -2.49. The van der Waals surface area contributed by atoms with E-state index in [9.17, 15) is 4.79 Å². The highest BCUT2D eigenvalue weighted by Gasteiger charge is 2.22. The summed E-state index contributed by atoms with van der Waals surface area (Å²) in [7, 11) is 0. The standard InChI is InChI=1S/C15H21N5O/c1-2-20-13-6-4-3-5-12(13)17-15(20)19-9-7-18(8-10-19)11-14(16)21/h3-6H,2,7-11H2,1H3,(H2,16,21). The van der Waals surface area contributed by atoms with Gasteiger partial charge in [-0.25, -0.2) is 4.98 Å². The first-order valence-electron chi connectivity index (χ1n) is 7.40. The molecule has 0 radical (unpaired) electrons. The van der Waals surface area contributed by atoms with Crippen LogP contribution in [0.2, 0.25) is 0 Å². The lowest BCUT2D eigenvalue weighted by molar-refractivity contribution is -0.119. The van der Waals surface area contributed by atoms with Crippen molar-refractivity contribution in [1.29, 1.82) is 0 Å². The van der Waals surface area contributed by atoms with Crippen LogP contribution in [0.3, 0.4) is 0 Å². The molecule has 2 heterocycles. The predicted octanol–water partition coefficient (Wildman–Crippen LogP) is 0.664. The largest absolute Gasteiger partial charge is 0.369 e. The lowest BCUT2D eigenvalue weighted by atomic mass is 10.3. The van der Waals surface area contributed by atoms with E-state index in [1.807, 2.05) is 18.2 Å². The summed E-state index contributed by atoms with van der Waals surface area (Å²) in [5.74, 6) is 0.765. The van der Waals surface area contributed by atoms with Crippen molar-refractivity contribution in [3.05, 3.63) is 24.3 Å². The zero-order chi connectivity index (χ0) is 14.8. The zero-order valence-electron chi connectivity index (χ0n) is 12.3. The number of anilines is 1. The summed E-state index contributed by atoms with van der Waals surface area (Å²) >= 11 is 0. The smallest absolute Gasteiger partial charge is 0.231 e. The molecule has 1 saturated heterocycles. The maximum Gasteiger partial charge on any atom is 0.231 e. The van der Waals surface area contributed by atoms with Gasteiger partial charge >= 0.3 is 0 Å². The average Bonchev–Trinajstić information content (AvgIpc) is 2.86. The van der Waals surface area contributed by atoms with E-state index in [4.69, 9.17) is 10.7 Å². The van der Waals surface area contributed by atoms with Crippen molar-refractivity contribution in [3.8, 4) is 0 Å². The van der Waals surface area contributed by atoms with Gasteiger partial charge in [0.1, 0.15) is 0 Å². The Hall–Kier alpha value is -2.08. The number of amides is 1. The quantitative estimate of drug-likeness (QED) is 0.897. The molecule has 3 rings (SSSR count). The van der Waals surface area contributed by atoms with E-state index in [0.717, 1.165) is 44.2 Å². The van der Waals surface area contributed by atoms with Crippen molar-refractivity contribution in [2.75, 3.05) is 37.6 Å². The molecule has 1 amide bonds. The highest BCUT2D eigenvalue weighted by atomic mass is 16.1. The van der Waals surface area contributed by atoms with E-state index in [1.165, 1.54) is 5.52 Å². The molecule has 0 unspecified atom stereocenters. The second kappa shape index (κ2) is 5.73. The van der Waals surface area contributed by atoms with Gasteiger partial charge in [-0.15, -0.1) is 0 Å². The second-order valence-corrected chi connectivity index (χ2v) is 5.37. The highest BCUT2D eigenvalue weighted by molar-refractivity contribution is 5.79. The first-order chi connectivity index (χ1) is 10.2. The molecule has 1 aromatic carbocycles. The first kappa shape index (κ1) is 13.9. The van der Waals surface area contributed by atoms with Gasteiger partial charge < -0.3 is 15.2 Å². The van der Waals surface area contributed by atoms with Crippen LogP contribution in [0, 0.1) is 0 Å². The van der Waals surface area contributed by atoms with Gasteiger partial charge in [0.25, 0.3) is 0 Å². The van der Waals surface area contributed by atoms with Crippen molar-refractivity contribution in [2.45, 2.75) is 13.5 Å². The fraction of sp³-hybridized carbons (Fsp3) is 0.467. The molecule has 1 aliphatic rings. The van der Waals surface area contributed by atoms with Crippen LogP contribution in [0.15, 0.2) is 24.3 Å². The van der Waals surface area contributed by atoms with E-state index in [1.54, 1.807) is 0 Å². The summed E-state index contributed by atoms with van der Waals surface area (Å²) in [5, 5.41) is 0. The minimum absolute atomic E-state index is 0.260. The normalized spacial score (nSPS) is 16.5. The molecule has 2 aromatic rings. The molecule has 6 nitrogen and oxygen atoms in total. The van der Waals surface area contributed by atoms with Crippen LogP contribution in [-0.4, -0.2) is 53.1 Å². The van der Waals surface area contributed by atoms with Crippen LogP contribution < -0.4 is 10.6 Å². The average molecular weight is 287 g/mol. The lowest BCUT2D eigenvalue weighted by Gasteiger charge is -2.34. The fourth-order valence-electron chi connectivity index (χ4n) is 2.94. The number of nitrogens with two attached hydrogens (primary N) is 1. The van der Waals surface area contributed by atoms with Crippen molar-refractivity contribution in [3.63, 3.8) is 0 Å². The van der Waals surface area contributed by atoms with Crippen molar-refractivity contribution < 1.29 is 4.79 Å². The number of hydrogen-bond acceptors (Lipinski definition) is 4. The van der Waals surface area contributed by atoms with E-state index < -0.39 is 0 Å². The van der Waals surface area contributed by atoms with Gasteiger partial charge in [0.05, 0.1) is 17.6 Å². The van der Waals surface area contributed by atoms with Crippen molar-refractivity contribution >= 4 is 22.9 Å². The summed E-state index contributed by atoms with van der Waals surface area (Å²) in [6.07, 6.45) is 0. The molecule has 0 bridgehead atoms. The van der Waals surface area contributed by atoms with E-state index >= 15 is 0 Å². The zero-order valence-corrected chi connectivity index (χ0v) is 12.3. The van der Waals surface area contributed by atoms with Crippen LogP contribution in [-0.2, 0) is 11.3 Å². The van der Waals surface area contributed by atoms with Gasteiger partial charge in [-0.1, -0.05) is 12.1 Å². The molecule has 1 aromatic heterocycles. The number of benzene rings is 1. The number of para-hydroxylation sites is 2. The predicted molar refractivity (Wildman–Crippen MR) is 83.3 cm³/mol. The van der Waals surface area contributed by atoms with Crippen LogP contribution in [0.25, 0.3) is 11.0 Å². The van der Waals surface area contributed by atoms with Gasteiger partial charge in [0.15, 0.2) is 0 Å². The van der Waals surface area contributed by atoms with Crippen molar-refractivity contribution in [1.82, 2.24) is 14.5 Å². The molecular weight excluding hydrogens is 266 g/mol. The van der Waals surface area contributed by atoms with Gasteiger partial charge in [-0.2, -0.15) is 0 Å². The summed E-state index contributed by atoms with van der Waals surface area (Å²) in [6.45, 7) is 6.81. The van der Waals surface area contributed by atoms with Crippen LogP contribution >= 0.6 is 0 Å². The Morgan fingerprint density at radius 2 is 1.95 bits per heavy atom. The number of aromatic nitrogens is 2. The molecule has 0 aliphatic carbocycles. The highest BCUT2D eigenvalue weighted by Crippen LogP contribution is 2.23. The molecule has 0 saturated carbocycles. The summed E-state index contributed by atoms with van der Waals surface area (Å²) in [4.78, 5) is 20.1. The Morgan fingerprint density at radius 1 is 1.24 bits per heavy atom. The van der Waals surface area contributed by atoms with Gasteiger partial charge in [0.2, 0.25) is 11.9 Å². The van der Waals surface area contributed by atoms with E-state index in [-0.39, 0.29) is 5.91 Å². The summed E-state index contributed by atoms with van der Waals surface area (Å²) in [5.41, 5.74) is 7.47. The van der Waals surface area contributed by atoms with Crippen LogP contribution in [0.4, 0.5) is 5.95 Å². The van der Waals surface area contributed by atoms with E-state index in [0.29, 0.717) is 6.54 Å². The molecular formula is C15H21N5O. The number of fused-ring (bicyclic) bond motifs is 1. The molecule has 6 heteroatoms. The Morgan fingerprint density at radius 3 is 2.62 bits per heavy atom. The Kier molecular flexibility index (Phi) is 3.79. The molecule has 1 aliphatic heterocycles. The number of piperazine rings is 1. The number of hydrogen-bond donors (Lipinski definition) is 1. The van der Waals surface area contributed by atoms with Gasteiger partial charge in [-0.3, -0.25) is 9.69 Å².